The van der Waals surface area contributed by atoms with Crippen molar-refractivity contribution in [2.45, 2.75) is 40.2 Å². The maximum atomic E-state index is 4.93. The van der Waals surface area contributed by atoms with E-state index in [4.69, 9.17) is 17.0 Å². The number of benzene rings is 2. The molecule has 0 spiro atoms. The van der Waals surface area contributed by atoms with Crippen LogP contribution < -0.4 is 0 Å². The van der Waals surface area contributed by atoms with E-state index in [0.717, 1.165) is 12.8 Å². The number of rotatable bonds is 2. The van der Waals surface area contributed by atoms with Gasteiger partial charge in [0, 0.05) is 10.2 Å². The Kier molecular flexibility index (Phi) is 17.7. The zero-order chi connectivity index (χ0) is 22.1. The van der Waals surface area contributed by atoms with E-state index in [2.05, 4.69) is 104 Å². The molecule has 0 saturated carbocycles. The van der Waals surface area contributed by atoms with Crippen molar-refractivity contribution in [1.29, 1.82) is 0 Å². The van der Waals surface area contributed by atoms with Gasteiger partial charge in [0.25, 0.3) is 0 Å². The molecule has 0 aliphatic carbocycles. The Morgan fingerprint density at radius 2 is 1.07 bits per heavy atom. The summed E-state index contributed by atoms with van der Waals surface area (Å²) in [6, 6.07) is 26.0. The Morgan fingerprint density at radius 3 is 1.34 bits per heavy atom. The first-order chi connectivity index (χ1) is 14.2. The standard InChI is InChI=1S/2C11H11.C2H5.CH3Si.2ClH.Zr/c2*1-2-9-7-10-5-3-4-6-11(10)8-9;2*1-2;;;/h2*3-8H,2H2,1H3;1H2,2H3;1H3;2*1H;/q3*-1;;;;+2/p-2. The van der Waals surface area contributed by atoms with Crippen LogP contribution in [0, 0.1) is 6.92 Å². The van der Waals surface area contributed by atoms with Crippen LogP contribution in [-0.4, -0.2) is 10.2 Å². The predicted octanol–water partition coefficient (Wildman–Crippen LogP) is 8.66. The minimum absolute atomic E-state index is 0.826. The van der Waals surface area contributed by atoms with Gasteiger partial charge in [-0.15, -0.1) is 81.2 Å². The topological polar surface area (TPSA) is 0 Å². The van der Waals surface area contributed by atoms with Crippen molar-refractivity contribution in [2.75, 3.05) is 0 Å². The van der Waals surface area contributed by atoms with Crippen molar-refractivity contribution in [3.8, 4) is 0 Å². The monoisotopic (exact) mass is 518 g/mol. The molecule has 0 aliphatic rings. The fourth-order valence-corrected chi connectivity index (χ4v) is 2.84. The zero-order valence-corrected chi connectivity index (χ0v) is 22.8. The van der Waals surface area contributed by atoms with Crippen LogP contribution in [0.3, 0.4) is 0 Å². The van der Waals surface area contributed by atoms with Crippen LogP contribution in [0.15, 0.2) is 72.8 Å². The van der Waals surface area contributed by atoms with E-state index in [9.17, 15) is 0 Å². The van der Waals surface area contributed by atoms with Gasteiger partial charge in [-0.2, -0.15) is 19.1 Å². The molecule has 0 fully saturated rings. The number of hydrogen-bond donors (Lipinski definition) is 0. The molecule has 0 bridgehead atoms. The summed E-state index contributed by atoms with van der Waals surface area (Å²) in [4.78, 5) is 0. The predicted molar refractivity (Wildman–Crippen MR) is 132 cm³/mol. The first kappa shape index (κ1) is 28.3. The quantitative estimate of drug-likeness (QED) is 0.183. The van der Waals surface area contributed by atoms with Crippen molar-refractivity contribution in [3.05, 3.63) is 90.8 Å². The zero-order valence-electron chi connectivity index (χ0n) is 17.8. The molecule has 4 heteroatoms. The molecular formula is C25H30Cl2SiZr-3. The number of halogens is 2. The molecule has 0 nitrogen and oxygen atoms in total. The second-order valence-corrected chi connectivity index (χ2v) is 9.50. The Hall–Kier alpha value is -0.660. The molecule has 0 aromatic heterocycles. The number of aryl methyl sites for hydroxylation is 2. The first-order valence-corrected chi connectivity index (χ1v) is 17.0. The van der Waals surface area contributed by atoms with E-state index in [1.165, 1.54) is 32.7 Å². The molecule has 4 aromatic rings. The minimum atomic E-state index is -0.826. The van der Waals surface area contributed by atoms with Gasteiger partial charge in [-0.25, -0.2) is 0 Å². The molecule has 0 N–H and O–H groups in total. The van der Waals surface area contributed by atoms with Gasteiger partial charge in [-0.1, -0.05) is 32.5 Å². The molecule has 29 heavy (non-hydrogen) atoms. The summed E-state index contributed by atoms with van der Waals surface area (Å²) in [5.74, 6) is 0. The fraction of sp³-hybridized carbons (Fsp3) is 0.240. The molecule has 0 heterocycles. The van der Waals surface area contributed by atoms with E-state index < -0.39 is 20.8 Å². The summed E-state index contributed by atoms with van der Waals surface area (Å²) in [5.41, 5.74) is 2.87. The molecule has 4 rings (SSSR count). The van der Waals surface area contributed by atoms with Gasteiger partial charge in [0.2, 0.25) is 0 Å². The van der Waals surface area contributed by atoms with Crippen LogP contribution >= 0.6 is 17.0 Å². The SMILES string of the molecule is CCc1cc2ccccc2[cH-]1.CCc1cc2ccccc2[cH-]1.C[Si].[CH2-]C.[Cl][Zr][Cl]. The summed E-state index contributed by atoms with van der Waals surface area (Å²) in [7, 11) is 12.8. The van der Waals surface area contributed by atoms with Crippen LogP contribution in [0.25, 0.3) is 21.5 Å². The maximum absolute atomic E-state index is 4.93. The summed E-state index contributed by atoms with van der Waals surface area (Å²) in [5, 5.41) is 5.46. The summed E-state index contributed by atoms with van der Waals surface area (Å²) in [6.07, 6.45) is 2.27. The average Bonchev–Trinajstić information content (AvgIpc) is 3.41. The molecule has 0 atom stereocenters. The van der Waals surface area contributed by atoms with Crippen LogP contribution in [0.5, 0.6) is 0 Å². The third-order valence-corrected chi connectivity index (χ3v) is 4.17. The first-order valence-electron chi connectivity index (χ1n) is 9.67. The molecule has 155 valence electrons. The third-order valence-electron chi connectivity index (χ3n) is 4.17. The second-order valence-electron chi connectivity index (χ2n) is 5.76. The van der Waals surface area contributed by atoms with Gasteiger partial charge >= 0.3 is 37.9 Å². The van der Waals surface area contributed by atoms with E-state index in [1.54, 1.807) is 13.5 Å². The fourth-order valence-electron chi connectivity index (χ4n) is 2.84. The number of fused-ring (bicyclic) bond motifs is 2. The van der Waals surface area contributed by atoms with E-state index >= 15 is 0 Å². The van der Waals surface area contributed by atoms with Gasteiger partial charge in [0.1, 0.15) is 0 Å². The van der Waals surface area contributed by atoms with Crippen molar-refractivity contribution in [2.24, 2.45) is 0 Å². The van der Waals surface area contributed by atoms with Crippen LogP contribution in [0.1, 0.15) is 31.9 Å². The summed E-state index contributed by atoms with van der Waals surface area (Å²) >= 11 is -0.826. The van der Waals surface area contributed by atoms with Crippen molar-refractivity contribution < 1.29 is 20.8 Å². The molecule has 3 radical (unpaired) electrons. The average molecular weight is 521 g/mol. The van der Waals surface area contributed by atoms with Crippen LogP contribution in [0.4, 0.5) is 0 Å². The molecule has 0 unspecified atom stereocenters. The molecule has 0 aliphatic heterocycles. The van der Waals surface area contributed by atoms with Gasteiger partial charge in [-0.3, -0.25) is 0 Å². The van der Waals surface area contributed by atoms with Gasteiger partial charge < -0.3 is 6.92 Å². The van der Waals surface area contributed by atoms with Gasteiger partial charge in [0.05, 0.1) is 0 Å². The van der Waals surface area contributed by atoms with E-state index in [1.807, 2.05) is 0 Å². The number of hydrogen-bond acceptors (Lipinski definition) is 0. The Bertz CT molecular complexity index is 756. The molecule has 0 amide bonds. The Balaban J connectivity index is 0.000000416. The van der Waals surface area contributed by atoms with Crippen LogP contribution in [0.2, 0.25) is 6.55 Å². The second kappa shape index (κ2) is 18.1. The third kappa shape index (κ3) is 10.3. The molecule has 0 saturated heterocycles. The van der Waals surface area contributed by atoms with E-state index in [-0.39, 0.29) is 0 Å². The summed E-state index contributed by atoms with van der Waals surface area (Å²) in [6.45, 7) is 11.2. The Labute approximate surface area is 199 Å². The normalized spacial score (nSPS) is 8.97. The van der Waals surface area contributed by atoms with Crippen molar-refractivity contribution >= 4 is 48.8 Å². The Morgan fingerprint density at radius 1 is 0.759 bits per heavy atom. The van der Waals surface area contributed by atoms with Crippen molar-refractivity contribution in [3.63, 3.8) is 0 Å². The molecule has 4 aromatic carbocycles. The molecular weight excluding hydrogens is 490 g/mol. The summed E-state index contributed by atoms with van der Waals surface area (Å²) < 4.78 is 0. The van der Waals surface area contributed by atoms with E-state index in [0.29, 0.717) is 0 Å². The van der Waals surface area contributed by atoms with Crippen molar-refractivity contribution in [1.82, 2.24) is 0 Å². The van der Waals surface area contributed by atoms with Crippen LogP contribution in [-0.2, 0) is 33.7 Å². The van der Waals surface area contributed by atoms with Gasteiger partial charge in [-0.05, 0) is 12.8 Å². The van der Waals surface area contributed by atoms with Gasteiger partial charge in [0.15, 0.2) is 0 Å².